The highest BCUT2D eigenvalue weighted by molar-refractivity contribution is 5.85. The highest BCUT2D eigenvalue weighted by atomic mass is 35.5. The molecule has 0 radical (unpaired) electrons. The van der Waals surface area contributed by atoms with E-state index >= 15 is 0 Å². The molecule has 2 aliphatic heterocycles. The van der Waals surface area contributed by atoms with Gasteiger partial charge in [0.2, 0.25) is 5.91 Å². The molecule has 3 rings (SSSR count). The fourth-order valence-electron chi connectivity index (χ4n) is 3.13. The molecule has 0 aromatic rings. The minimum Gasteiger partial charge on any atom is -0.342 e. The summed E-state index contributed by atoms with van der Waals surface area (Å²) in [4.78, 5) is 14.2. The third kappa shape index (κ3) is 2.21. The van der Waals surface area contributed by atoms with Crippen LogP contribution in [0.4, 0.5) is 0 Å². The molecule has 3 nitrogen and oxygen atoms in total. The number of carbonyl (C=O) groups excluding carboxylic acids is 1. The standard InChI is InChI=1S/C12H20N2O.ClH/c15-11(10-2-3-10)14-7-1-4-12(9-14)5-6-13-8-12;/h10,13H,1-9H2;1H. The van der Waals surface area contributed by atoms with E-state index in [0.717, 1.165) is 39.0 Å². The summed E-state index contributed by atoms with van der Waals surface area (Å²) in [5, 5.41) is 3.45. The number of carbonyl (C=O) groups is 1. The van der Waals surface area contributed by atoms with Gasteiger partial charge in [-0.15, -0.1) is 12.4 Å². The molecule has 0 aromatic heterocycles. The molecule has 0 bridgehead atoms. The summed E-state index contributed by atoms with van der Waals surface area (Å²) in [6.07, 6.45) is 6.07. The number of hydrogen-bond acceptors (Lipinski definition) is 2. The molecule has 2 saturated heterocycles. The van der Waals surface area contributed by atoms with Crippen LogP contribution in [0.5, 0.6) is 0 Å². The van der Waals surface area contributed by atoms with Crippen molar-refractivity contribution in [2.24, 2.45) is 11.3 Å². The van der Waals surface area contributed by atoms with E-state index in [1.165, 1.54) is 19.3 Å². The second-order valence-corrected chi connectivity index (χ2v) is 5.56. The number of piperidine rings is 1. The molecule has 3 aliphatic rings. The highest BCUT2D eigenvalue weighted by Gasteiger charge is 2.42. The monoisotopic (exact) mass is 244 g/mol. The number of nitrogens with zero attached hydrogens (tertiary/aromatic N) is 1. The maximum Gasteiger partial charge on any atom is 0.225 e. The minimum absolute atomic E-state index is 0. The molecule has 1 spiro atoms. The van der Waals surface area contributed by atoms with Crippen LogP contribution >= 0.6 is 12.4 Å². The number of hydrogen-bond donors (Lipinski definition) is 1. The van der Waals surface area contributed by atoms with Crippen molar-refractivity contribution >= 4 is 18.3 Å². The lowest BCUT2D eigenvalue weighted by molar-refractivity contribution is -0.135. The van der Waals surface area contributed by atoms with Gasteiger partial charge in [-0.05, 0) is 38.6 Å². The van der Waals surface area contributed by atoms with Crippen molar-refractivity contribution in [3.8, 4) is 0 Å². The average molecular weight is 245 g/mol. The van der Waals surface area contributed by atoms with E-state index in [1.807, 2.05) is 0 Å². The zero-order chi connectivity index (χ0) is 10.3. The second kappa shape index (κ2) is 4.53. The van der Waals surface area contributed by atoms with E-state index in [0.29, 0.717) is 17.2 Å². The van der Waals surface area contributed by atoms with Crippen molar-refractivity contribution in [2.45, 2.75) is 32.1 Å². The highest BCUT2D eigenvalue weighted by Crippen LogP contribution is 2.38. The van der Waals surface area contributed by atoms with E-state index in [4.69, 9.17) is 0 Å². The molecule has 0 aromatic carbocycles. The number of likely N-dealkylation sites (tertiary alicyclic amines) is 1. The zero-order valence-electron chi connectivity index (χ0n) is 9.71. The SMILES string of the molecule is Cl.O=C(C1CC1)N1CCCC2(CCNC2)C1. The van der Waals surface area contributed by atoms with Crippen LogP contribution in [0.3, 0.4) is 0 Å². The van der Waals surface area contributed by atoms with Crippen molar-refractivity contribution in [2.75, 3.05) is 26.2 Å². The molecular formula is C12H21ClN2O. The Kier molecular flexibility index (Phi) is 3.45. The molecule has 3 fully saturated rings. The fraction of sp³-hybridized carbons (Fsp3) is 0.917. The zero-order valence-corrected chi connectivity index (χ0v) is 10.5. The third-order valence-electron chi connectivity index (χ3n) is 4.23. The molecule has 1 aliphatic carbocycles. The minimum atomic E-state index is 0. The molecule has 1 atom stereocenters. The summed E-state index contributed by atoms with van der Waals surface area (Å²) in [5.41, 5.74) is 0.433. The first-order chi connectivity index (χ1) is 7.29. The topological polar surface area (TPSA) is 32.3 Å². The Labute approximate surface area is 103 Å². The van der Waals surface area contributed by atoms with Gasteiger partial charge in [0, 0.05) is 31.0 Å². The van der Waals surface area contributed by atoms with Gasteiger partial charge in [0.25, 0.3) is 0 Å². The van der Waals surface area contributed by atoms with Crippen molar-refractivity contribution in [1.82, 2.24) is 10.2 Å². The first-order valence-electron chi connectivity index (χ1n) is 6.29. The van der Waals surface area contributed by atoms with Crippen molar-refractivity contribution < 1.29 is 4.79 Å². The average Bonchev–Trinajstić information content (AvgIpc) is 3.02. The third-order valence-corrected chi connectivity index (χ3v) is 4.23. The van der Waals surface area contributed by atoms with Crippen LogP contribution in [0.2, 0.25) is 0 Å². The van der Waals surface area contributed by atoms with Crippen molar-refractivity contribution in [1.29, 1.82) is 0 Å². The van der Waals surface area contributed by atoms with Gasteiger partial charge < -0.3 is 10.2 Å². The molecule has 92 valence electrons. The molecule has 4 heteroatoms. The maximum atomic E-state index is 12.0. The van der Waals surface area contributed by atoms with E-state index in [-0.39, 0.29) is 12.4 Å². The van der Waals surface area contributed by atoms with Crippen molar-refractivity contribution in [3.63, 3.8) is 0 Å². The summed E-state index contributed by atoms with van der Waals surface area (Å²) in [5.74, 6) is 0.843. The Balaban J connectivity index is 0.000000963. The molecule has 1 saturated carbocycles. The largest absolute Gasteiger partial charge is 0.342 e. The van der Waals surface area contributed by atoms with Crippen LogP contribution < -0.4 is 5.32 Å². The number of nitrogens with one attached hydrogen (secondary N) is 1. The Morgan fingerprint density at radius 3 is 2.75 bits per heavy atom. The molecule has 1 amide bonds. The number of halogens is 1. The maximum absolute atomic E-state index is 12.0. The Morgan fingerprint density at radius 2 is 2.12 bits per heavy atom. The molecule has 1 unspecified atom stereocenters. The van der Waals surface area contributed by atoms with Crippen LogP contribution in [0.1, 0.15) is 32.1 Å². The van der Waals surface area contributed by atoms with Gasteiger partial charge in [0.15, 0.2) is 0 Å². The van der Waals surface area contributed by atoms with Crippen LogP contribution in [0, 0.1) is 11.3 Å². The van der Waals surface area contributed by atoms with E-state index in [9.17, 15) is 4.79 Å². The van der Waals surface area contributed by atoms with Gasteiger partial charge in [-0.1, -0.05) is 0 Å². The fourth-order valence-corrected chi connectivity index (χ4v) is 3.13. The summed E-state index contributed by atoms with van der Waals surface area (Å²) in [6.45, 7) is 4.30. The summed E-state index contributed by atoms with van der Waals surface area (Å²) < 4.78 is 0. The van der Waals surface area contributed by atoms with Crippen LogP contribution in [0.25, 0.3) is 0 Å². The Hall–Kier alpha value is -0.280. The predicted molar refractivity (Wildman–Crippen MR) is 65.7 cm³/mol. The van der Waals surface area contributed by atoms with E-state index in [1.54, 1.807) is 0 Å². The Bertz CT molecular complexity index is 272. The van der Waals surface area contributed by atoms with Gasteiger partial charge in [-0.25, -0.2) is 0 Å². The first-order valence-corrected chi connectivity index (χ1v) is 6.29. The van der Waals surface area contributed by atoms with E-state index in [2.05, 4.69) is 10.2 Å². The van der Waals surface area contributed by atoms with Crippen molar-refractivity contribution in [3.05, 3.63) is 0 Å². The Morgan fingerprint density at radius 1 is 1.31 bits per heavy atom. The predicted octanol–water partition coefficient (Wildman–Crippen LogP) is 1.42. The van der Waals surface area contributed by atoms with Gasteiger partial charge in [-0.2, -0.15) is 0 Å². The molecular weight excluding hydrogens is 224 g/mol. The summed E-state index contributed by atoms with van der Waals surface area (Å²) in [7, 11) is 0. The van der Waals surface area contributed by atoms with Crippen LogP contribution in [-0.2, 0) is 4.79 Å². The van der Waals surface area contributed by atoms with Gasteiger partial charge in [0.05, 0.1) is 0 Å². The summed E-state index contributed by atoms with van der Waals surface area (Å²) >= 11 is 0. The number of amides is 1. The van der Waals surface area contributed by atoms with Crippen LogP contribution in [-0.4, -0.2) is 37.0 Å². The molecule has 1 N–H and O–H groups in total. The van der Waals surface area contributed by atoms with E-state index < -0.39 is 0 Å². The smallest absolute Gasteiger partial charge is 0.225 e. The summed E-state index contributed by atoms with van der Waals surface area (Å²) in [6, 6.07) is 0. The quantitative estimate of drug-likeness (QED) is 0.757. The van der Waals surface area contributed by atoms with Gasteiger partial charge >= 0.3 is 0 Å². The van der Waals surface area contributed by atoms with Crippen LogP contribution in [0.15, 0.2) is 0 Å². The lowest BCUT2D eigenvalue weighted by atomic mass is 9.79. The molecule has 16 heavy (non-hydrogen) atoms. The first kappa shape index (κ1) is 12.2. The normalized spacial score (nSPS) is 33.9. The van der Waals surface area contributed by atoms with Gasteiger partial charge in [0.1, 0.15) is 0 Å². The number of rotatable bonds is 1. The lowest BCUT2D eigenvalue weighted by Gasteiger charge is -2.40. The molecule has 2 heterocycles. The lowest BCUT2D eigenvalue weighted by Crippen LogP contribution is -2.47. The van der Waals surface area contributed by atoms with Gasteiger partial charge in [-0.3, -0.25) is 4.79 Å². The second-order valence-electron chi connectivity index (χ2n) is 5.56.